The molecule has 1 N–H and O–H groups in total. The van der Waals surface area contributed by atoms with Gasteiger partial charge in [0.05, 0.1) is 19.2 Å². The summed E-state index contributed by atoms with van der Waals surface area (Å²) >= 11 is 1.29. The van der Waals surface area contributed by atoms with E-state index in [1.54, 1.807) is 12.1 Å². The number of ether oxygens (including phenoxy) is 1. The summed E-state index contributed by atoms with van der Waals surface area (Å²) in [4.78, 5) is 27.3. The van der Waals surface area contributed by atoms with E-state index in [4.69, 9.17) is 0 Å². The third-order valence-electron chi connectivity index (χ3n) is 4.95. The van der Waals surface area contributed by atoms with E-state index >= 15 is 0 Å². The van der Waals surface area contributed by atoms with Crippen LogP contribution in [-0.2, 0) is 20.5 Å². The number of hydrogen-bond donors (Lipinski definition) is 1. The number of carbonyl (C=O) groups is 2. The second-order valence-electron chi connectivity index (χ2n) is 7.22. The van der Waals surface area contributed by atoms with Crippen molar-refractivity contribution in [2.24, 2.45) is 10.2 Å². The molecular formula is C20H24F3N5O3S. The van der Waals surface area contributed by atoms with E-state index in [1.165, 1.54) is 24.9 Å². The number of alkyl halides is 3. The van der Waals surface area contributed by atoms with Crippen molar-refractivity contribution in [1.29, 1.82) is 0 Å². The highest BCUT2D eigenvalue weighted by Crippen LogP contribution is 2.32. The zero-order valence-corrected chi connectivity index (χ0v) is 18.3. The van der Waals surface area contributed by atoms with Crippen LogP contribution in [0.25, 0.3) is 0 Å². The standard InChI is InChI=1S/C20H24F3N5O3S/c1-31-18(30)7-3-6-17-25-26-19(32-17)24-16(29)13-27-8-10-28(11-9-27)15-5-2-4-14(12-15)20(21,22)23/h2,4-6,12,19H,3,7-11,13H2,1H3,(H,24,29). The predicted molar refractivity (Wildman–Crippen MR) is 114 cm³/mol. The summed E-state index contributed by atoms with van der Waals surface area (Å²) < 4.78 is 43.4. The molecule has 0 aromatic heterocycles. The number of thioether (sulfide) groups is 1. The summed E-state index contributed by atoms with van der Waals surface area (Å²) in [7, 11) is 1.33. The largest absolute Gasteiger partial charge is 0.469 e. The molecule has 1 unspecified atom stereocenters. The lowest BCUT2D eigenvalue weighted by molar-refractivity contribution is -0.140. The van der Waals surface area contributed by atoms with Crippen LogP contribution in [0.5, 0.6) is 0 Å². The number of benzene rings is 1. The Labute approximate surface area is 187 Å². The van der Waals surface area contributed by atoms with E-state index in [-0.39, 0.29) is 24.8 Å². The number of azo groups is 1. The molecule has 0 radical (unpaired) electrons. The van der Waals surface area contributed by atoms with E-state index in [9.17, 15) is 22.8 Å². The Morgan fingerprint density at radius 1 is 1.28 bits per heavy atom. The first kappa shape index (κ1) is 24.1. The monoisotopic (exact) mass is 471 g/mol. The number of nitrogens with zero attached hydrogens (tertiary/aromatic N) is 4. The van der Waals surface area contributed by atoms with Crippen molar-refractivity contribution in [2.45, 2.75) is 24.5 Å². The van der Waals surface area contributed by atoms with E-state index in [2.05, 4.69) is 20.3 Å². The SMILES string of the molecule is COC(=O)CCC=C1N=NC(NC(=O)CN2CCN(c3cccc(C(F)(F)F)c3)CC2)S1. The maximum atomic E-state index is 12.9. The molecule has 0 aliphatic carbocycles. The molecule has 1 amide bonds. The van der Waals surface area contributed by atoms with Crippen molar-refractivity contribution in [1.82, 2.24) is 10.2 Å². The summed E-state index contributed by atoms with van der Waals surface area (Å²) in [6.45, 7) is 2.34. The Balaban J connectivity index is 1.40. The first-order valence-electron chi connectivity index (χ1n) is 10.0. The molecule has 1 aromatic carbocycles. The molecule has 0 spiro atoms. The van der Waals surface area contributed by atoms with Crippen molar-refractivity contribution in [2.75, 3.05) is 44.7 Å². The van der Waals surface area contributed by atoms with Crippen LogP contribution in [-0.4, -0.2) is 62.1 Å². The minimum absolute atomic E-state index is 0.171. The third-order valence-corrected chi connectivity index (χ3v) is 5.88. The number of amides is 1. The van der Waals surface area contributed by atoms with Crippen molar-refractivity contribution in [3.05, 3.63) is 40.9 Å². The zero-order chi connectivity index (χ0) is 23.1. The fourth-order valence-electron chi connectivity index (χ4n) is 3.26. The molecule has 1 atom stereocenters. The fraction of sp³-hybridized carbons (Fsp3) is 0.500. The van der Waals surface area contributed by atoms with Gasteiger partial charge in [-0.1, -0.05) is 17.8 Å². The Morgan fingerprint density at radius 2 is 2.03 bits per heavy atom. The Hall–Kier alpha value is -2.60. The number of esters is 1. The first-order chi connectivity index (χ1) is 15.2. The molecule has 1 aromatic rings. The smallest absolute Gasteiger partial charge is 0.416 e. The number of nitrogens with one attached hydrogen (secondary N) is 1. The molecule has 32 heavy (non-hydrogen) atoms. The first-order valence-corrected chi connectivity index (χ1v) is 10.9. The van der Waals surface area contributed by atoms with Crippen molar-refractivity contribution in [3.63, 3.8) is 0 Å². The summed E-state index contributed by atoms with van der Waals surface area (Å²) in [6.07, 6.45) is -1.88. The van der Waals surface area contributed by atoms with Crippen molar-refractivity contribution in [3.8, 4) is 0 Å². The maximum absolute atomic E-state index is 12.9. The fourth-order valence-corrected chi connectivity index (χ4v) is 4.09. The third kappa shape index (κ3) is 6.95. The van der Waals surface area contributed by atoms with Gasteiger partial charge in [-0.05, 0) is 30.7 Å². The van der Waals surface area contributed by atoms with E-state index in [0.29, 0.717) is 43.3 Å². The number of piperazine rings is 1. The molecule has 0 saturated carbocycles. The lowest BCUT2D eigenvalue weighted by Crippen LogP contribution is -2.50. The van der Waals surface area contributed by atoms with Crippen LogP contribution in [0.3, 0.4) is 0 Å². The molecule has 174 valence electrons. The van der Waals surface area contributed by atoms with Crippen LogP contribution in [0.4, 0.5) is 18.9 Å². The predicted octanol–water partition coefficient (Wildman–Crippen LogP) is 3.22. The molecule has 2 aliphatic rings. The highest BCUT2D eigenvalue weighted by Gasteiger charge is 2.31. The molecule has 2 aliphatic heterocycles. The minimum atomic E-state index is -4.37. The molecule has 2 heterocycles. The molecule has 3 rings (SSSR count). The summed E-state index contributed by atoms with van der Waals surface area (Å²) in [5.74, 6) is -0.510. The quantitative estimate of drug-likeness (QED) is 0.615. The van der Waals surface area contributed by atoms with Gasteiger partial charge in [-0.3, -0.25) is 14.5 Å². The van der Waals surface area contributed by atoms with Gasteiger partial charge in [0.15, 0.2) is 5.50 Å². The Kier molecular flexibility index (Phi) is 8.13. The normalized spacial score (nSPS) is 20.6. The van der Waals surface area contributed by atoms with Crippen LogP contribution in [0.1, 0.15) is 18.4 Å². The number of methoxy groups -OCH3 is 1. The number of allylic oxidation sites excluding steroid dienone is 1. The van der Waals surface area contributed by atoms with Gasteiger partial charge < -0.3 is 15.0 Å². The van der Waals surface area contributed by atoms with Crippen molar-refractivity contribution < 1.29 is 27.5 Å². The summed E-state index contributed by atoms with van der Waals surface area (Å²) in [6, 6.07) is 5.28. The van der Waals surface area contributed by atoms with E-state index in [1.807, 2.05) is 9.80 Å². The number of rotatable bonds is 7. The van der Waals surface area contributed by atoms with Gasteiger partial charge in [0.1, 0.15) is 5.03 Å². The molecule has 1 fully saturated rings. The summed E-state index contributed by atoms with van der Waals surface area (Å²) in [5.41, 5.74) is -0.657. The van der Waals surface area contributed by atoms with Crippen LogP contribution in [0.2, 0.25) is 0 Å². The number of halogens is 3. The minimum Gasteiger partial charge on any atom is -0.469 e. The molecule has 1 saturated heterocycles. The number of hydrogen-bond acceptors (Lipinski definition) is 8. The second-order valence-corrected chi connectivity index (χ2v) is 8.32. The van der Waals surface area contributed by atoms with Gasteiger partial charge in [-0.2, -0.15) is 18.3 Å². The van der Waals surface area contributed by atoms with E-state index in [0.717, 1.165) is 12.1 Å². The molecule has 0 bridgehead atoms. The topological polar surface area (TPSA) is 86.6 Å². The van der Waals surface area contributed by atoms with Crippen molar-refractivity contribution >= 4 is 29.3 Å². The van der Waals surface area contributed by atoms with Gasteiger partial charge in [-0.15, -0.1) is 5.11 Å². The highest BCUT2D eigenvalue weighted by molar-refractivity contribution is 8.03. The van der Waals surface area contributed by atoms with Crippen LogP contribution in [0.15, 0.2) is 45.6 Å². The lowest BCUT2D eigenvalue weighted by atomic mass is 10.1. The highest BCUT2D eigenvalue weighted by atomic mass is 32.2. The summed E-state index contributed by atoms with van der Waals surface area (Å²) in [5, 5.41) is 11.4. The zero-order valence-electron chi connectivity index (χ0n) is 17.5. The molecule has 8 nitrogen and oxygen atoms in total. The van der Waals surface area contributed by atoms with E-state index < -0.39 is 17.2 Å². The maximum Gasteiger partial charge on any atom is 0.416 e. The Bertz CT molecular complexity index is 885. The average molecular weight is 472 g/mol. The van der Waals surface area contributed by atoms with Gasteiger partial charge >= 0.3 is 12.1 Å². The van der Waals surface area contributed by atoms with Crippen LogP contribution in [0, 0.1) is 0 Å². The van der Waals surface area contributed by atoms with Gasteiger partial charge in [0.2, 0.25) is 5.91 Å². The molecule has 12 heteroatoms. The molecular weight excluding hydrogens is 447 g/mol. The lowest BCUT2D eigenvalue weighted by Gasteiger charge is -2.36. The van der Waals surface area contributed by atoms with Gasteiger partial charge in [0.25, 0.3) is 0 Å². The van der Waals surface area contributed by atoms with Crippen LogP contribution < -0.4 is 10.2 Å². The number of anilines is 1. The second kappa shape index (κ2) is 10.8. The number of carbonyl (C=O) groups excluding carboxylic acids is 2. The van der Waals surface area contributed by atoms with Gasteiger partial charge in [-0.25, -0.2) is 0 Å². The Morgan fingerprint density at radius 3 is 2.72 bits per heavy atom. The average Bonchev–Trinajstić information content (AvgIpc) is 3.20. The van der Waals surface area contributed by atoms with Crippen LogP contribution >= 0.6 is 11.8 Å². The van der Waals surface area contributed by atoms with Gasteiger partial charge in [0, 0.05) is 38.3 Å².